The molecule has 0 aromatic carbocycles. The van der Waals surface area contributed by atoms with Crippen molar-refractivity contribution in [2.75, 3.05) is 5.32 Å². The molecule has 0 radical (unpaired) electrons. The molecule has 0 saturated heterocycles. The summed E-state index contributed by atoms with van der Waals surface area (Å²) in [6.07, 6.45) is 1.75. The summed E-state index contributed by atoms with van der Waals surface area (Å²) in [5, 5.41) is 7.19. The summed E-state index contributed by atoms with van der Waals surface area (Å²) in [4.78, 5) is 16.7. The Morgan fingerprint density at radius 3 is 2.62 bits per heavy atom. The smallest absolute Gasteiger partial charge is 0.275 e. The van der Waals surface area contributed by atoms with E-state index in [-0.39, 0.29) is 5.91 Å². The van der Waals surface area contributed by atoms with Gasteiger partial charge in [0.05, 0.1) is 17.1 Å². The SMILES string of the molecule is Cc1nn(C)c(C)c1NC(=O)c1cn2c(C)cccc2n1. The monoisotopic (exact) mass is 283 g/mol. The first-order valence-electron chi connectivity index (χ1n) is 6.73. The number of aromatic nitrogens is 4. The van der Waals surface area contributed by atoms with Crippen molar-refractivity contribution in [1.82, 2.24) is 19.2 Å². The van der Waals surface area contributed by atoms with Crippen LogP contribution in [-0.4, -0.2) is 25.1 Å². The van der Waals surface area contributed by atoms with E-state index >= 15 is 0 Å². The Kier molecular flexibility index (Phi) is 3.01. The minimum absolute atomic E-state index is 0.225. The molecule has 0 bridgehead atoms. The summed E-state index contributed by atoms with van der Waals surface area (Å²) in [5.41, 5.74) is 4.65. The largest absolute Gasteiger partial charge is 0.317 e. The number of aryl methyl sites for hydroxylation is 3. The van der Waals surface area contributed by atoms with Crippen molar-refractivity contribution in [2.24, 2.45) is 7.05 Å². The number of fused-ring (bicyclic) bond motifs is 1. The third kappa shape index (κ3) is 2.18. The molecule has 1 N–H and O–H groups in total. The van der Waals surface area contributed by atoms with Crippen LogP contribution in [0.2, 0.25) is 0 Å². The minimum atomic E-state index is -0.225. The van der Waals surface area contributed by atoms with Gasteiger partial charge in [-0.25, -0.2) is 4.98 Å². The van der Waals surface area contributed by atoms with Gasteiger partial charge in [0, 0.05) is 18.9 Å². The highest BCUT2D eigenvalue weighted by atomic mass is 16.1. The van der Waals surface area contributed by atoms with Crippen molar-refractivity contribution >= 4 is 17.2 Å². The van der Waals surface area contributed by atoms with E-state index in [0.29, 0.717) is 5.69 Å². The standard InChI is InChI=1S/C15H17N5O/c1-9-6-5-7-13-16-12(8-20(9)13)15(21)17-14-10(2)18-19(4)11(14)3/h5-8H,1-4H3,(H,17,21). The van der Waals surface area contributed by atoms with Gasteiger partial charge in [0.2, 0.25) is 0 Å². The van der Waals surface area contributed by atoms with Gasteiger partial charge in [0.25, 0.3) is 5.91 Å². The summed E-state index contributed by atoms with van der Waals surface area (Å²) in [5.74, 6) is -0.225. The number of anilines is 1. The molecule has 3 aromatic rings. The lowest BCUT2D eigenvalue weighted by molar-refractivity contribution is 0.102. The minimum Gasteiger partial charge on any atom is -0.317 e. The number of hydrogen-bond donors (Lipinski definition) is 1. The summed E-state index contributed by atoms with van der Waals surface area (Å²) >= 11 is 0. The lowest BCUT2D eigenvalue weighted by Gasteiger charge is -2.03. The van der Waals surface area contributed by atoms with Crippen molar-refractivity contribution in [2.45, 2.75) is 20.8 Å². The molecule has 0 atom stereocenters. The van der Waals surface area contributed by atoms with Gasteiger partial charge >= 0.3 is 0 Å². The van der Waals surface area contributed by atoms with Crippen LogP contribution < -0.4 is 5.32 Å². The van der Waals surface area contributed by atoms with Crippen molar-refractivity contribution in [1.29, 1.82) is 0 Å². The molecular formula is C15H17N5O. The van der Waals surface area contributed by atoms with E-state index in [1.807, 2.05) is 50.4 Å². The Bertz CT molecular complexity index is 843. The van der Waals surface area contributed by atoms with E-state index in [1.165, 1.54) is 0 Å². The molecule has 0 aliphatic rings. The summed E-state index contributed by atoms with van der Waals surface area (Å²) in [6, 6.07) is 5.78. The summed E-state index contributed by atoms with van der Waals surface area (Å²) in [7, 11) is 1.85. The Morgan fingerprint density at radius 1 is 1.24 bits per heavy atom. The maximum atomic E-state index is 12.4. The van der Waals surface area contributed by atoms with Crippen LogP contribution in [0.15, 0.2) is 24.4 Å². The molecule has 3 rings (SSSR count). The fourth-order valence-electron chi connectivity index (χ4n) is 2.39. The average molecular weight is 283 g/mol. The first-order valence-corrected chi connectivity index (χ1v) is 6.73. The van der Waals surface area contributed by atoms with Crippen molar-refractivity contribution in [3.63, 3.8) is 0 Å². The molecule has 1 amide bonds. The lowest BCUT2D eigenvalue weighted by atomic mass is 10.3. The van der Waals surface area contributed by atoms with Crippen molar-refractivity contribution in [3.05, 3.63) is 47.2 Å². The summed E-state index contributed by atoms with van der Waals surface area (Å²) < 4.78 is 3.65. The Labute approximate surface area is 122 Å². The lowest BCUT2D eigenvalue weighted by Crippen LogP contribution is -2.13. The van der Waals surface area contributed by atoms with Crippen LogP contribution in [0.1, 0.15) is 27.6 Å². The summed E-state index contributed by atoms with van der Waals surface area (Å²) in [6.45, 7) is 5.77. The highest BCUT2D eigenvalue weighted by molar-refractivity contribution is 6.03. The molecule has 0 spiro atoms. The third-order valence-corrected chi connectivity index (χ3v) is 3.68. The van der Waals surface area contributed by atoms with Gasteiger partial charge in [-0.15, -0.1) is 0 Å². The molecular weight excluding hydrogens is 266 g/mol. The van der Waals surface area contributed by atoms with Crippen molar-refractivity contribution in [3.8, 4) is 0 Å². The van der Waals surface area contributed by atoms with Crippen LogP contribution in [0.4, 0.5) is 5.69 Å². The molecule has 3 heterocycles. The number of nitrogens with zero attached hydrogens (tertiary/aromatic N) is 4. The van der Waals surface area contributed by atoms with E-state index in [4.69, 9.17) is 0 Å². The zero-order valence-corrected chi connectivity index (χ0v) is 12.5. The number of carbonyl (C=O) groups excluding carboxylic acids is 1. The van der Waals surface area contributed by atoms with Gasteiger partial charge in [-0.3, -0.25) is 9.48 Å². The van der Waals surface area contributed by atoms with Crippen LogP contribution in [0, 0.1) is 20.8 Å². The molecule has 0 fully saturated rings. The molecule has 0 saturated carbocycles. The fourth-order valence-corrected chi connectivity index (χ4v) is 2.39. The van der Waals surface area contributed by atoms with Gasteiger partial charge in [-0.2, -0.15) is 5.10 Å². The number of pyridine rings is 1. The highest BCUT2D eigenvalue weighted by Crippen LogP contribution is 2.19. The van der Waals surface area contributed by atoms with Gasteiger partial charge in [0.1, 0.15) is 11.3 Å². The van der Waals surface area contributed by atoms with Gasteiger partial charge < -0.3 is 9.72 Å². The normalized spacial score (nSPS) is 11.0. The second-order valence-corrected chi connectivity index (χ2v) is 5.15. The zero-order chi connectivity index (χ0) is 15.1. The van der Waals surface area contributed by atoms with E-state index in [9.17, 15) is 4.79 Å². The molecule has 6 heteroatoms. The second kappa shape index (κ2) is 4.73. The number of nitrogens with one attached hydrogen (secondary N) is 1. The number of amides is 1. The first-order chi connectivity index (χ1) is 9.97. The zero-order valence-electron chi connectivity index (χ0n) is 12.5. The van der Waals surface area contributed by atoms with Crippen LogP contribution in [-0.2, 0) is 7.05 Å². The molecule has 0 aliphatic carbocycles. The van der Waals surface area contributed by atoms with E-state index in [0.717, 1.165) is 28.4 Å². The fraction of sp³-hybridized carbons (Fsp3) is 0.267. The van der Waals surface area contributed by atoms with E-state index in [2.05, 4.69) is 15.4 Å². The second-order valence-electron chi connectivity index (χ2n) is 5.15. The van der Waals surface area contributed by atoms with Crippen LogP contribution in [0.3, 0.4) is 0 Å². The van der Waals surface area contributed by atoms with Gasteiger partial charge in [0.15, 0.2) is 0 Å². The predicted molar refractivity (Wildman–Crippen MR) is 80.6 cm³/mol. The molecule has 3 aromatic heterocycles. The first kappa shape index (κ1) is 13.4. The topological polar surface area (TPSA) is 64.2 Å². The molecule has 6 nitrogen and oxygen atoms in total. The maximum Gasteiger partial charge on any atom is 0.275 e. The molecule has 0 aliphatic heterocycles. The van der Waals surface area contributed by atoms with Gasteiger partial charge in [-0.1, -0.05) is 6.07 Å². The van der Waals surface area contributed by atoms with Crippen LogP contribution >= 0.6 is 0 Å². The molecule has 0 unspecified atom stereocenters. The number of rotatable bonds is 2. The quantitative estimate of drug-likeness (QED) is 0.784. The average Bonchev–Trinajstić information content (AvgIpc) is 2.97. The number of hydrogen-bond acceptors (Lipinski definition) is 3. The van der Waals surface area contributed by atoms with E-state index in [1.54, 1.807) is 10.9 Å². The highest BCUT2D eigenvalue weighted by Gasteiger charge is 2.16. The third-order valence-electron chi connectivity index (χ3n) is 3.68. The molecule has 108 valence electrons. The van der Waals surface area contributed by atoms with Crippen molar-refractivity contribution < 1.29 is 4.79 Å². The number of imidazole rings is 1. The predicted octanol–water partition coefficient (Wildman–Crippen LogP) is 2.25. The Hall–Kier alpha value is -2.63. The number of carbonyl (C=O) groups is 1. The Balaban J connectivity index is 1.95. The maximum absolute atomic E-state index is 12.4. The van der Waals surface area contributed by atoms with Gasteiger partial charge in [-0.05, 0) is 32.9 Å². The Morgan fingerprint density at radius 2 is 2.00 bits per heavy atom. The van der Waals surface area contributed by atoms with E-state index < -0.39 is 0 Å². The van der Waals surface area contributed by atoms with Crippen LogP contribution in [0.25, 0.3) is 5.65 Å². The molecule has 21 heavy (non-hydrogen) atoms. The van der Waals surface area contributed by atoms with Crippen LogP contribution in [0.5, 0.6) is 0 Å².